The minimum absolute atomic E-state index is 0.561. The predicted octanol–water partition coefficient (Wildman–Crippen LogP) is 19.4. The maximum Gasteiger partial charge on any atom is 0.0724 e. The van der Waals surface area contributed by atoms with Crippen molar-refractivity contribution in [2.75, 3.05) is 4.90 Å². The van der Waals surface area contributed by atoms with Gasteiger partial charge in [-0.25, -0.2) is 0 Å². The molecule has 13 rings (SSSR count). The van der Waals surface area contributed by atoms with Crippen molar-refractivity contribution in [3.05, 3.63) is 268 Å². The molecular weight excluding hydrogens is 875 g/mol. The van der Waals surface area contributed by atoms with Crippen LogP contribution in [-0.2, 0) is 5.41 Å². The summed E-state index contributed by atoms with van der Waals surface area (Å²) in [5.41, 5.74) is 23.6. The van der Waals surface area contributed by atoms with E-state index in [1.54, 1.807) is 0 Å². The average Bonchev–Trinajstić information content (AvgIpc) is 3.90. The molecule has 0 bridgehead atoms. The van der Waals surface area contributed by atoms with E-state index in [9.17, 15) is 0 Å². The Labute approximate surface area is 421 Å². The van der Waals surface area contributed by atoms with Crippen LogP contribution in [0.4, 0.5) is 17.1 Å². The third-order valence-electron chi connectivity index (χ3n) is 15.4. The molecule has 1 heterocycles. The van der Waals surface area contributed by atoms with Gasteiger partial charge >= 0.3 is 0 Å². The lowest BCUT2D eigenvalue weighted by atomic mass is 9.63. The Morgan fingerprint density at radius 2 is 0.845 bits per heavy atom. The monoisotopic (exact) mass is 927 g/mol. The van der Waals surface area contributed by atoms with Crippen LogP contribution in [0.5, 0.6) is 0 Å². The first kappa shape index (κ1) is 43.0. The Morgan fingerprint density at radius 1 is 0.352 bits per heavy atom. The number of aryl methyl sites for hydroxylation is 6. The number of hydrogen-bond acceptors (Lipinski definition) is 2. The van der Waals surface area contributed by atoms with E-state index in [0.29, 0.717) is 0 Å². The molecule has 1 nitrogen and oxygen atoms in total. The van der Waals surface area contributed by atoms with Crippen LogP contribution < -0.4 is 4.90 Å². The summed E-state index contributed by atoms with van der Waals surface area (Å²) in [6.07, 6.45) is 0. The normalized spacial score (nSPS) is 12.8. The van der Waals surface area contributed by atoms with Gasteiger partial charge in [-0.3, -0.25) is 0 Å². The van der Waals surface area contributed by atoms with Gasteiger partial charge in [0.15, 0.2) is 0 Å². The molecule has 0 saturated heterocycles. The minimum Gasteiger partial charge on any atom is -0.310 e. The van der Waals surface area contributed by atoms with Gasteiger partial charge in [0.25, 0.3) is 0 Å². The molecule has 0 saturated carbocycles. The van der Waals surface area contributed by atoms with Gasteiger partial charge in [0, 0.05) is 31.5 Å². The Morgan fingerprint density at radius 3 is 1.51 bits per heavy atom. The SMILES string of the molecule is Cc1cc(C)c(C2(c3c(C)cc(C)cc3C)c3ccccc3-c3ccc(N(c4ccc(-c5ccc6cc(-c7ccc8ccccc8c7)ccc6c5)cc4)c4cccc5sc6ccccc6c45)cc32)c(C)c1. The van der Waals surface area contributed by atoms with Gasteiger partial charge in [-0.1, -0.05) is 163 Å². The van der Waals surface area contributed by atoms with E-state index in [-0.39, 0.29) is 0 Å². The maximum atomic E-state index is 2.55. The fourth-order valence-electron chi connectivity index (χ4n) is 12.8. The van der Waals surface area contributed by atoms with Crippen LogP contribution in [0.1, 0.15) is 55.6 Å². The predicted molar refractivity (Wildman–Crippen MR) is 306 cm³/mol. The summed E-state index contributed by atoms with van der Waals surface area (Å²) in [6.45, 7) is 13.8. The minimum atomic E-state index is -0.561. The van der Waals surface area contributed by atoms with Crippen LogP contribution in [-0.4, -0.2) is 0 Å². The smallest absolute Gasteiger partial charge is 0.0724 e. The van der Waals surface area contributed by atoms with Crippen molar-refractivity contribution in [3.63, 3.8) is 0 Å². The van der Waals surface area contributed by atoms with Crippen molar-refractivity contribution in [1.82, 2.24) is 0 Å². The maximum absolute atomic E-state index is 2.55. The van der Waals surface area contributed by atoms with Crippen LogP contribution >= 0.6 is 11.3 Å². The Kier molecular flexibility index (Phi) is 10.0. The number of anilines is 3. The number of rotatable bonds is 7. The molecule has 1 aliphatic carbocycles. The molecule has 0 aliphatic heterocycles. The molecule has 340 valence electrons. The Hall–Kier alpha value is -8.04. The zero-order valence-corrected chi connectivity index (χ0v) is 41.9. The molecule has 0 N–H and O–H groups in total. The number of thiophene rings is 1. The van der Waals surface area contributed by atoms with Gasteiger partial charge in [-0.2, -0.15) is 0 Å². The first-order valence-corrected chi connectivity index (χ1v) is 25.7. The number of hydrogen-bond donors (Lipinski definition) is 0. The highest BCUT2D eigenvalue weighted by Crippen LogP contribution is 2.60. The molecule has 0 radical (unpaired) electrons. The third-order valence-corrected chi connectivity index (χ3v) is 16.5. The molecule has 0 fully saturated rings. The van der Waals surface area contributed by atoms with E-state index >= 15 is 0 Å². The zero-order valence-electron chi connectivity index (χ0n) is 41.1. The van der Waals surface area contributed by atoms with Crippen molar-refractivity contribution in [2.24, 2.45) is 0 Å². The molecule has 12 aromatic rings. The van der Waals surface area contributed by atoms with E-state index in [0.717, 1.165) is 11.4 Å². The molecule has 11 aromatic carbocycles. The van der Waals surface area contributed by atoms with Crippen molar-refractivity contribution < 1.29 is 0 Å². The highest BCUT2D eigenvalue weighted by atomic mass is 32.1. The van der Waals surface area contributed by atoms with Gasteiger partial charge in [0.1, 0.15) is 0 Å². The van der Waals surface area contributed by atoms with Crippen molar-refractivity contribution in [1.29, 1.82) is 0 Å². The second kappa shape index (κ2) is 16.5. The number of nitrogens with zero attached hydrogens (tertiary/aromatic N) is 1. The lowest BCUT2D eigenvalue weighted by Crippen LogP contribution is -2.33. The lowest BCUT2D eigenvalue weighted by Gasteiger charge is -2.39. The van der Waals surface area contributed by atoms with Gasteiger partial charge in [0.2, 0.25) is 0 Å². The molecule has 71 heavy (non-hydrogen) atoms. The van der Waals surface area contributed by atoms with Gasteiger partial charge in [-0.05, 0) is 202 Å². The number of benzene rings is 11. The third kappa shape index (κ3) is 6.80. The molecular formula is C69H53NS. The van der Waals surface area contributed by atoms with Crippen LogP contribution in [0.25, 0.3) is 75.1 Å². The summed E-state index contributed by atoms with van der Waals surface area (Å²) < 4.78 is 2.58. The second-order valence-corrected chi connectivity index (χ2v) is 21.1. The molecule has 2 heteroatoms. The van der Waals surface area contributed by atoms with Gasteiger partial charge in [0.05, 0.1) is 11.1 Å². The molecule has 0 atom stereocenters. The topological polar surface area (TPSA) is 3.24 Å². The largest absolute Gasteiger partial charge is 0.310 e. The summed E-state index contributed by atoms with van der Waals surface area (Å²) >= 11 is 1.87. The molecule has 1 aromatic heterocycles. The standard InChI is InChI=1S/C69H53NS/c1-42-34-44(3)67(45(4)35-42)69(68-46(5)36-43(2)37-47(68)6)61-18-11-9-16-58(61)59-33-32-57(41-62(59)69)70(63-19-13-21-65-66(63)60-17-10-12-20-64(60)71-65)56-30-28-49(29-31-56)51-24-25-54-40-55(27-26-53(54)39-51)52-23-22-48-14-7-8-15-50(48)38-52/h7-41H,1-6H3. The fourth-order valence-corrected chi connectivity index (χ4v) is 13.9. The van der Waals surface area contributed by atoms with E-state index in [4.69, 9.17) is 0 Å². The Bertz CT molecular complexity index is 4030. The van der Waals surface area contributed by atoms with E-state index in [2.05, 4.69) is 259 Å². The van der Waals surface area contributed by atoms with Crippen LogP contribution in [0.15, 0.2) is 212 Å². The summed E-state index contributed by atoms with van der Waals surface area (Å²) in [4.78, 5) is 2.53. The zero-order chi connectivity index (χ0) is 48.1. The molecule has 0 amide bonds. The molecule has 0 spiro atoms. The molecule has 0 unspecified atom stereocenters. The fraction of sp³-hybridized carbons (Fsp3) is 0.101. The average molecular weight is 928 g/mol. The number of fused-ring (bicyclic) bond motifs is 8. The highest BCUT2D eigenvalue weighted by Gasteiger charge is 2.49. The van der Waals surface area contributed by atoms with Crippen molar-refractivity contribution >= 4 is 70.1 Å². The van der Waals surface area contributed by atoms with Gasteiger partial charge < -0.3 is 4.90 Å². The van der Waals surface area contributed by atoms with E-state index in [1.165, 1.54) is 136 Å². The summed E-state index contributed by atoms with van der Waals surface area (Å²) in [7, 11) is 0. The Balaban J connectivity index is 0.997. The first-order chi connectivity index (χ1) is 34.6. The molecule has 1 aliphatic rings. The van der Waals surface area contributed by atoms with Gasteiger partial charge in [-0.15, -0.1) is 11.3 Å². The van der Waals surface area contributed by atoms with Crippen LogP contribution in [0.2, 0.25) is 0 Å². The summed E-state index contributed by atoms with van der Waals surface area (Å²) in [6, 6.07) is 80.2. The summed E-state index contributed by atoms with van der Waals surface area (Å²) in [5, 5.41) is 7.55. The van der Waals surface area contributed by atoms with Crippen molar-refractivity contribution in [3.8, 4) is 33.4 Å². The second-order valence-electron chi connectivity index (χ2n) is 20.0. The quantitative estimate of drug-likeness (QED) is 0.154. The highest BCUT2D eigenvalue weighted by molar-refractivity contribution is 7.26. The lowest BCUT2D eigenvalue weighted by molar-refractivity contribution is 0.738. The van der Waals surface area contributed by atoms with E-state index in [1.807, 2.05) is 11.3 Å². The summed E-state index contributed by atoms with van der Waals surface area (Å²) in [5.74, 6) is 0. The van der Waals surface area contributed by atoms with Crippen LogP contribution in [0.3, 0.4) is 0 Å². The van der Waals surface area contributed by atoms with E-state index < -0.39 is 5.41 Å². The first-order valence-electron chi connectivity index (χ1n) is 24.9. The van der Waals surface area contributed by atoms with Crippen molar-refractivity contribution in [2.45, 2.75) is 47.0 Å². The van der Waals surface area contributed by atoms with Crippen LogP contribution in [0, 0.1) is 41.5 Å².